The van der Waals surface area contributed by atoms with E-state index in [1.54, 1.807) is 4.90 Å². The molecule has 0 aromatic carbocycles. The van der Waals surface area contributed by atoms with Gasteiger partial charge in [-0.25, -0.2) is 0 Å². The molecule has 0 saturated carbocycles. The van der Waals surface area contributed by atoms with E-state index in [1.807, 2.05) is 19.1 Å². The molecule has 0 amide bonds. The Morgan fingerprint density at radius 2 is 1.83 bits per heavy atom. The van der Waals surface area contributed by atoms with Gasteiger partial charge in [-0.1, -0.05) is 6.92 Å². The zero-order valence-corrected chi connectivity index (χ0v) is 7.19. The molecule has 0 saturated heterocycles. The number of nitrogens with zero attached hydrogens (tertiary/aromatic N) is 3. The lowest BCUT2D eigenvalue weighted by Gasteiger charge is -2.18. The van der Waals surface area contributed by atoms with E-state index in [4.69, 9.17) is 10.5 Å². The Labute approximate surface area is 72.6 Å². The minimum absolute atomic E-state index is 0.199. The number of aliphatic hydroxyl groups excluding tert-OH is 1. The molecular weight excluding hydrogens is 154 g/mol. The topological polar surface area (TPSA) is 71.0 Å². The monoisotopic (exact) mass is 167 g/mol. The molecule has 0 rings (SSSR count). The first-order chi connectivity index (χ1) is 5.74. The first-order valence-electron chi connectivity index (χ1n) is 3.88. The van der Waals surface area contributed by atoms with Crippen molar-refractivity contribution in [3.05, 3.63) is 0 Å². The van der Waals surface area contributed by atoms with Crippen LogP contribution < -0.4 is 0 Å². The van der Waals surface area contributed by atoms with E-state index in [0.29, 0.717) is 13.0 Å². The molecule has 0 aliphatic carbocycles. The number of nitriles is 2. The first kappa shape index (κ1) is 10.9. The van der Waals surface area contributed by atoms with Gasteiger partial charge in [-0.15, -0.1) is 0 Å². The van der Waals surface area contributed by atoms with Gasteiger partial charge in [0.2, 0.25) is 0 Å². The molecule has 0 bridgehead atoms. The van der Waals surface area contributed by atoms with E-state index in [2.05, 4.69) is 0 Å². The fraction of sp³-hybridized carbons (Fsp3) is 0.750. The van der Waals surface area contributed by atoms with Crippen molar-refractivity contribution >= 4 is 0 Å². The van der Waals surface area contributed by atoms with Crippen molar-refractivity contribution in [1.82, 2.24) is 4.90 Å². The van der Waals surface area contributed by atoms with Gasteiger partial charge < -0.3 is 5.11 Å². The summed E-state index contributed by atoms with van der Waals surface area (Å²) in [4.78, 5) is 1.62. The van der Waals surface area contributed by atoms with Crippen LogP contribution in [0.3, 0.4) is 0 Å². The van der Waals surface area contributed by atoms with Gasteiger partial charge in [0.05, 0.1) is 31.3 Å². The molecule has 0 aliphatic heterocycles. The SMILES string of the molecule is CCC(O)CN(CC#N)CC#N. The Kier molecular flexibility index (Phi) is 6.00. The van der Waals surface area contributed by atoms with Crippen molar-refractivity contribution in [3.63, 3.8) is 0 Å². The van der Waals surface area contributed by atoms with Gasteiger partial charge in [0.25, 0.3) is 0 Å². The normalized spacial score (nSPS) is 12.1. The average molecular weight is 167 g/mol. The highest BCUT2D eigenvalue weighted by molar-refractivity contribution is 4.84. The summed E-state index contributed by atoms with van der Waals surface area (Å²) in [5, 5.41) is 26.0. The Hall–Kier alpha value is -1.10. The fourth-order valence-corrected chi connectivity index (χ4v) is 0.812. The van der Waals surface area contributed by atoms with Gasteiger partial charge in [0.1, 0.15) is 0 Å². The van der Waals surface area contributed by atoms with Crippen molar-refractivity contribution in [3.8, 4) is 12.1 Å². The third kappa shape index (κ3) is 4.68. The van der Waals surface area contributed by atoms with E-state index >= 15 is 0 Å². The molecule has 0 radical (unpaired) electrons. The van der Waals surface area contributed by atoms with Crippen molar-refractivity contribution in [2.24, 2.45) is 0 Å². The van der Waals surface area contributed by atoms with Crippen LogP contribution >= 0.6 is 0 Å². The van der Waals surface area contributed by atoms with Crippen LogP contribution in [0.1, 0.15) is 13.3 Å². The largest absolute Gasteiger partial charge is 0.392 e. The minimum atomic E-state index is -0.438. The van der Waals surface area contributed by atoms with Crippen LogP contribution in [0.4, 0.5) is 0 Å². The summed E-state index contributed by atoms with van der Waals surface area (Å²) in [7, 11) is 0. The number of hydrogen-bond donors (Lipinski definition) is 1. The van der Waals surface area contributed by atoms with Crippen molar-refractivity contribution in [2.45, 2.75) is 19.4 Å². The van der Waals surface area contributed by atoms with Gasteiger partial charge in [-0.05, 0) is 6.42 Å². The lowest BCUT2D eigenvalue weighted by atomic mass is 10.2. The van der Waals surface area contributed by atoms with Crippen LogP contribution in [0.2, 0.25) is 0 Å². The summed E-state index contributed by atoms with van der Waals surface area (Å²) < 4.78 is 0. The Bertz CT molecular complexity index is 175. The second-order valence-electron chi connectivity index (χ2n) is 2.55. The van der Waals surface area contributed by atoms with Crippen LogP contribution in [-0.4, -0.2) is 35.7 Å². The van der Waals surface area contributed by atoms with Crippen molar-refractivity contribution < 1.29 is 5.11 Å². The molecule has 0 fully saturated rings. The molecule has 12 heavy (non-hydrogen) atoms. The van der Waals surface area contributed by atoms with E-state index < -0.39 is 6.10 Å². The van der Waals surface area contributed by atoms with Gasteiger partial charge in [-0.3, -0.25) is 4.90 Å². The molecular formula is C8H13N3O. The molecule has 4 heteroatoms. The standard InChI is InChI=1S/C8H13N3O/c1-2-8(12)7-11(5-3-9)6-4-10/h8,12H,2,5-7H2,1H3. The van der Waals surface area contributed by atoms with E-state index in [1.165, 1.54) is 0 Å². The molecule has 0 spiro atoms. The van der Waals surface area contributed by atoms with Crippen LogP contribution in [0.15, 0.2) is 0 Å². The molecule has 0 aromatic heterocycles. The molecule has 4 nitrogen and oxygen atoms in total. The lowest BCUT2D eigenvalue weighted by molar-refractivity contribution is 0.122. The number of rotatable bonds is 5. The third-order valence-corrected chi connectivity index (χ3v) is 1.53. The number of hydrogen-bond acceptors (Lipinski definition) is 4. The van der Waals surface area contributed by atoms with Crippen LogP contribution in [0, 0.1) is 22.7 Å². The quantitative estimate of drug-likeness (QED) is 0.590. The maximum atomic E-state index is 9.22. The zero-order chi connectivity index (χ0) is 9.40. The van der Waals surface area contributed by atoms with Gasteiger partial charge in [0.15, 0.2) is 0 Å². The zero-order valence-electron chi connectivity index (χ0n) is 7.19. The summed E-state index contributed by atoms with van der Waals surface area (Å²) in [6.45, 7) is 2.66. The first-order valence-corrected chi connectivity index (χ1v) is 3.88. The minimum Gasteiger partial charge on any atom is -0.392 e. The Morgan fingerprint density at radius 3 is 2.17 bits per heavy atom. The van der Waals surface area contributed by atoms with Gasteiger partial charge >= 0.3 is 0 Å². The molecule has 1 atom stereocenters. The van der Waals surface area contributed by atoms with Gasteiger partial charge in [-0.2, -0.15) is 10.5 Å². The molecule has 0 heterocycles. The molecule has 1 N–H and O–H groups in total. The summed E-state index contributed by atoms with van der Waals surface area (Å²) in [5.41, 5.74) is 0. The second-order valence-corrected chi connectivity index (χ2v) is 2.55. The second kappa shape index (κ2) is 6.60. The maximum absolute atomic E-state index is 9.22. The molecule has 1 unspecified atom stereocenters. The smallest absolute Gasteiger partial charge is 0.0875 e. The highest BCUT2D eigenvalue weighted by Crippen LogP contribution is 1.94. The summed E-state index contributed by atoms with van der Waals surface area (Å²) >= 11 is 0. The summed E-state index contributed by atoms with van der Waals surface area (Å²) in [6.07, 6.45) is 0.208. The van der Waals surface area contributed by atoms with E-state index in [0.717, 1.165) is 0 Å². The predicted molar refractivity (Wildman–Crippen MR) is 44.0 cm³/mol. The predicted octanol–water partition coefficient (Wildman–Crippen LogP) is 0.106. The van der Waals surface area contributed by atoms with E-state index in [9.17, 15) is 5.11 Å². The van der Waals surface area contributed by atoms with Gasteiger partial charge in [0, 0.05) is 6.54 Å². The highest BCUT2D eigenvalue weighted by atomic mass is 16.3. The molecule has 66 valence electrons. The van der Waals surface area contributed by atoms with Crippen molar-refractivity contribution in [2.75, 3.05) is 19.6 Å². The van der Waals surface area contributed by atoms with Crippen molar-refractivity contribution in [1.29, 1.82) is 10.5 Å². The van der Waals surface area contributed by atoms with E-state index in [-0.39, 0.29) is 13.1 Å². The number of aliphatic hydroxyl groups is 1. The Balaban J connectivity index is 3.80. The third-order valence-electron chi connectivity index (χ3n) is 1.53. The molecule has 0 aliphatic rings. The van der Waals surface area contributed by atoms with Crippen LogP contribution in [-0.2, 0) is 0 Å². The highest BCUT2D eigenvalue weighted by Gasteiger charge is 2.08. The summed E-state index contributed by atoms with van der Waals surface area (Å²) in [6, 6.07) is 3.89. The fourth-order valence-electron chi connectivity index (χ4n) is 0.812. The Morgan fingerprint density at radius 1 is 1.33 bits per heavy atom. The lowest BCUT2D eigenvalue weighted by Crippen LogP contribution is -2.32. The average Bonchev–Trinajstić information content (AvgIpc) is 2.05. The van der Waals surface area contributed by atoms with Crippen LogP contribution in [0.5, 0.6) is 0 Å². The van der Waals surface area contributed by atoms with Crippen LogP contribution in [0.25, 0.3) is 0 Å². The molecule has 0 aromatic rings. The summed E-state index contributed by atoms with van der Waals surface area (Å²) in [5.74, 6) is 0. The maximum Gasteiger partial charge on any atom is 0.0875 e.